The van der Waals surface area contributed by atoms with Crippen molar-refractivity contribution in [2.24, 2.45) is 0 Å². The maximum Gasteiger partial charge on any atom is 0.261 e. The summed E-state index contributed by atoms with van der Waals surface area (Å²) in [6.07, 6.45) is 0. The molecule has 0 atom stereocenters. The molecule has 0 fully saturated rings. The number of nitrogens with one attached hydrogen (secondary N) is 1. The van der Waals surface area contributed by atoms with E-state index in [4.69, 9.17) is 34.8 Å². The van der Waals surface area contributed by atoms with Gasteiger partial charge in [0.25, 0.3) is 9.03 Å². The van der Waals surface area contributed by atoms with Crippen LogP contribution in [-0.4, -0.2) is 14.8 Å². The van der Waals surface area contributed by atoms with Gasteiger partial charge in [-0.1, -0.05) is 53.0 Å². The van der Waals surface area contributed by atoms with Crippen LogP contribution < -0.4 is 4.72 Å². The van der Waals surface area contributed by atoms with E-state index in [9.17, 15) is 9.59 Å². The summed E-state index contributed by atoms with van der Waals surface area (Å²) in [6.45, 7) is 1.38. The van der Waals surface area contributed by atoms with Gasteiger partial charge in [-0.05, 0) is 13.0 Å². The highest BCUT2D eigenvalue weighted by molar-refractivity contribution is 8.03. The first-order valence-electron chi connectivity index (χ1n) is 4.46. The largest absolute Gasteiger partial charge is 0.294 e. The Labute approximate surface area is 118 Å². The first-order chi connectivity index (χ1) is 7.81. The van der Waals surface area contributed by atoms with Gasteiger partial charge >= 0.3 is 0 Å². The molecule has 0 radical (unpaired) electrons. The topological polar surface area (TPSA) is 46.2 Å². The molecule has 1 rings (SSSR count). The molecule has 0 spiro atoms. The van der Waals surface area contributed by atoms with Crippen molar-refractivity contribution in [2.75, 3.05) is 0 Å². The van der Waals surface area contributed by atoms with Gasteiger partial charge in [-0.3, -0.25) is 14.3 Å². The summed E-state index contributed by atoms with van der Waals surface area (Å²) in [7, 11) is 0. The van der Waals surface area contributed by atoms with Crippen LogP contribution in [0.5, 0.6) is 0 Å². The van der Waals surface area contributed by atoms with Crippen LogP contribution in [-0.2, 0) is 0 Å². The molecule has 0 bridgehead atoms. The number of hydrogen-bond acceptors (Lipinski definition) is 3. The highest BCUT2D eigenvalue weighted by Crippen LogP contribution is 2.36. The Morgan fingerprint density at radius 2 is 1.71 bits per heavy atom. The summed E-state index contributed by atoms with van der Waals surface area (Å²) >= 11 is 17.1. The number of rotatable bonds is 3. The van der Waals surface area contributed by atoms with Crippen molar-refractivity contribution in [1.82, 2.24) is 4.72 Å². The van der Waals surface area contributed by atoms with Gasteiger partial charge in [0, 0.05) is 17.5 Å². The molecule has 92 valence electrons. The molecule has 1 aromatic rings. The molecule has 1 N–H and O–H groups in total. The van der Waals surface area contributed by atoms with E-state index in [2.05, 4.69) is 4.72 Å². The Bertz CT molecular complexity index is 445. The van der Waals surface area contributed by atoms with Crippen LogP contribution in [0.25, 0.3) is 0 Å². The van der Waals surface area contributed by atoms with Gasteiger partial charge in [-0.25, -0.2) is 0 Å². The quantitative estimate of drug-likeness (QED) is 0.527. The average Bonchev–Trinajstić information content (AvgIpc) is 2.25. The molecule has 0 saturated heterocycles. The maximum absolute atomic E-state index is 11.8. The van der Waals surface area contributed by atoms with E-state index in [0.717, 1.165) is 0 Å². The molecule has 0 heterocycles. The third-order valence-corrected chi connectivity index (χ3v) is 3.02. The summed E-state index contributed by atoms with van der Waals surface area (Å²) in [5.74, 6) is -0.679. The molecule has 3 nitrogen and oxygen atoms in total. The van der Waals surface area contributed by atoms with Crippen molar-refractivity contribution in [2.45, 2.75) is 10.0 Å². The number of Topliss-reactive ketones (excluding diaryl/α,β-unsaturated/α-hetero) is 1. The van der Waals surface area contributed by atoms with Crippen molar-refractivity contribution in [3.8, 4) is 0 Å². The Hall–Kier alpha value is -0.420. The molecule has 17 heavy (non-hydrogen) atoms. The Morgan fingerprint density at radius 1 is 1.18 bits per heavy atom. The Balaban J connectivity index is 2.86. The van der Waals surface area contributed by atoms with Crippen LogP contribution >= 0.6 is 46.8 Å². The number of carbonyl (C=O) groups excluding carboxylic acids is 2. The molecule has 0 unspecified atom stereocenters. The minimum atomic E-state index is -1.64. The van der Waals surface area contributed by atoms with Crippen LogP contribution in [0.3, 0.4) is 0 Å². The van der Waals surface area contributed by atoms with Gasteiger partial charge in [-0.2, -0.15) is 0 Å². The number of ketones is 1. The molecule has 1 amide bonds. The Kier molecular flexibility index (Phi) is 5.13. The lowest BCUT2D eigenvalue weighted by molar-refractivity contribution is 0.0963. The number of hydrogen-bond donors (Lipinski definition) is 1. The molecule has 0 aliphatic heterocycles. The molecule has 0 saturated carbocycles. The second-order valence-corrected chi connectivity index (χ2v) is 7.05. The molecule has 7 heteroatoms. The summed E-state index contributed by atoms with van der Waals surface area (Å²) in [5, 5.41) is 0. The van der Waals surface area contributed by atoms with Crippen LogP contribution in [0.15, 0.2) is 24.3 Å². The summed E-state index contributed by atoms with van der Waals surface area (Å²) in [6, 6.07) is 6.43. The van der Waals surface area contributed by atoms with E-state index in [1.54, 1.807) is 18.2 Å². The van der Waals surface area contributed by atoms with Gasteiger partial charge in [-0.15, -0.1) is 0 Å². The fraction of sp³-hybridized carbons (Fsp3) is 0.200. The standard InChI is InChI=1S/C10H8Cl3NO2S/c1-6(15)7-4-2-3-5-8(7)9(16)14-17-10(11,12)13/h2-5H,1H3,(H,14,16). The maximum atomic E-state index is 11.8. The van der Waals surface area contributed by atoms with E-state index in [0.29, 0.717) is 17.5 Å². The predicted octanol–water partition coefficient (Wildman–Crippen LogP) is 3.59. The van der Waals surface area contributed by atoms with Crippen molar-refractivity contribution in [3.05, 3.63) is 35.4 Å². The molecule has 0 aliphatic rings. The van der Waals surface area contributed by atoms with Crippen LogP contribution in [0.2, 0.25) is 0 Å². The number of amides is 1. The van der Waals surface area contributed by atoms with E-state index in [1.807, 2.05) is 0 Å². The monoisotopic (exact) mass is 311 g/mol. The molecule has 1 aromatic carbocycles. The second kappa shape index (κ2) is 5.96. The first-order valence-corrected chi connectivity index (χ1v) is 6.41. The SMILES string of the molecule is CC(=O)c1ccccc1C(=O)NSC(Cl)(Cl)Cl. The second-order valence-electron chi connectivity index (χ2n) is 3.08. The summed E-state index contributed by atoms with van der Waals surface area (Å²) in [4.78, 5) is 23.1. The van der Waals surface area contributed by atoms with E-state index in [-0.39, 0.29) is 11.3 Å². The first kappa shape index (κ1) is 14.6. The van der Waals surface area contributed by atoms with Crippen LogP contribution in [0.1, 0.15) is 27.6 Å². The number of alkyl halides is 3. The van der Waals surface area contributed by atoms with E-state index >= 15 is 0 Å². The highest BCUT2D eigenvalue weighted by Gasteiger charge is 2.23. The molecular weight excluding hydrogens is 305 g/mol. The minimum Gasteiger partial charge on any atom is -0.294 e. The number of benzene rings is 1. The smallest absolute Gasteiger partial charge is 0.261 e. The molecule has 0 aliphatic carbocycles. The number of carbonyl (C=O) groups is 2. The van der Waals surface area contributed by atoms with E-state index < -0.39 is 9.03 Å². The normalized spacial score (nSPS) is 11.1. The average molecular weight is 313 g/mol. The lowest BCUT2D eigenvalue weighted by atomic mass is 10.0. The van der Waals surface area contributed by atoms with Gasteiger partial charge < -0.3 is 0 Å². The van der Waals surface area contributed by atoms with Gasteiger partial charge in [0.15, 0.2) is 5.78 Å². The van der Waals surface area contributed by atoms with Gasteiger partial charge in [0.1, 0.15) is 0 Å². The van der Waals surface area contributed by atoms with Crippen molar-refractivity contribution in [1.29, 1.82) is 0 Å². The van der Waals surface area contributed by atoms with Crippen molar-refractivity contribution < 1.29 is 9.59 Å². The molecule has 0 aromatic heterocycles. The fourth-order valence-corrected chi connectivity index (χ4v) is 1.81. The van der Waals surface area contributed by atoms with Crippen LogP contribution in [0.4, 0.5) is 0 Å². The molecular formula is C10H8Cl3NO2S. The third-order valence-electron chi connectivity index (χ3n) is 1.81. The minimum absolute atomic E-state index is 0.199. The lowest BCUT2D eigenvalue weighted by Gasteiger charge is -2.11. The summed E-state index contributed by atoms with van der Waals surface area (Å²) in [5.41, 5.74) is 0.580. The summed E-state index contributed by atoms with van der Waals surface area (Å²) < 4.78 is 0.726. The Morgan fingerprint density at radius 3 is 2.18 bits per heavy atom. The predicted molar refractivity (Wildman–Crippen MR) is 71.8 cm³/mol. The van der Waals surface area contributed by atoms with Gasteiger partial charge in [0.2, 0.25) is 0 Å². The lowest BCUT2D eigenvalue weighted by Crippen LogP contribution is -2.21. The van der Waals surface area contributed by atoms with Crippen LogP contribution in [0, 0.1) is 0 Å². The number of halogens is 3. The van der Waals surface area contributed by atoms with Crippen molar-refractivity contribution in [3.63, 3.8) is 0 Å². The zero-order valence-electron chi connectivity index (χ0n) is 8.67. The zero-order valence-corrected chi connectivity index (χ0v) is 11.8. The van der Waals surface area contributed by atoms with Gasteiger partial charge in [0.05, 0.1) is 5.56 Å². The fourth-order valence-electron chi connectivity index (χ4n) is 1.15. The highest BCUT2D eigenvalue weighted by atomic mass is 35.6. The van der Waals surface area contributed by atoms with E-state index in [1.165, 1.54) is 13.0 Å². The third kappa shape index (κ3) is 4.76. The zero-order chi connectivity index (χ0) is 13.1. The van der Waals surface area contributed by atoms with Crippen molar-refractivity contribution >= 4 is 58.4 Å².